The van der Waals surface area contributed by atoms with Gasteiger partial charge in [0.15, 0.2) is 5.17 Å². The largest absolute Gasteiger partial charge is 0.497 e. The Balaban J connectivity index is 1.62. The second-order valence-electron chi connectivity index (χ2n) is 7.89. The monoisotopic (exact) mass is 473 g/mol. The van der Waals surface area contributed by atoms with Gasteiger partial charge in [0.2, 0.25) is 0 Å². The number of hydrogen-bond donors (Lipinski definition) is 0. The summed E-state index contributed by atoms with van der Waals surface area (Å²) in [6.07, 6.45) is 0. The number of amides is 1. The van der Waals surface area contributed by atoms with E-state index in [1.165, 1.54) is 11.8 Å². The number of nitrogens with zero attached hydrogens (tertiary/aromatic N) is 3. The van der Waals surface area contributed by atoms with Crippen LogP contribution >= 0.6 is 23.5 Å². The molecule has 0 radical (unpaired) electrons. The Morgan fingerprint density at radius 3 is 2.48 bits per heavy atom. The van der Waals surface area contributed by atoms with Crippen molar-refractivity contribution in [3.63, 3.8) is 0 Å². The van der Waals surface area contributed by atoms with Gasteiger partial charge < -0.3 is 9.64 Å². The Labute approximate surface area is 202 Å². The first kappa shape index (κ1) is 21.7. The van der Waals surface area contributed by atoms with Crippen molar-refractivity contribution < 1.29 is 9.53 Å². The molecule has 1 saturated heterocycles. The van der Waals surface area contributed by atoms with Gasteiger partial charge in [0.25, 0.3) is 5.91 Å². The van der Waals surface area contributed by atoms with E-state index in [4.69, 9.17) is 9.73 Å². The molecule has 1 fully saturated rings. The number of fused-ring (bicyclic) bond motifs is 1. The predicted molar refractivity (Wildman–Crippen MR) is 139 cm³/mol. The first-order valence-electron chi connectivity index (χ1n) is 10.5. The maximum absolute atomic E-state index is 13.8. The third kappa shape index (κ3) is 3.92. The molecule has 0 atom stereocenters. The number of anilines is 2. The zero-order valence-electron chi connectivity index (χ0n) is 18.8. The molecule has 0 saturated carbocycles. The zero-order valence-corrected chi connectivity index (χ0v) is 20.5. The number of ether oxygens (including phenoxy) is 1. The molecule has 3 aromatic rings. The summed E-state index contributed by atoms with van der Waals surface area (Å²) in [6.45, 7) is 4.09. The van der Waals surface area contributed by atoms with Crippen molar-refractivity contribution in [1.29, 1.82) is 0 Å². The van der Waals surface area contributed by atoms with Gasteiger partial charge in [-0.05, 0) is 67.1 Å². The highest BCUT2D eigenvalue weighted by Gasteiger charge is 2.40. The van der Waals surface area contributed by atoms with E-state index in [0.717, 1.165) is 43.9 Å². The van der Waals surface area contributed by atoms with Crippen LogP contribution in [0.15, 0.2) is 86.6 Å². The fourth-order valence-corrected chi connectivity index (χ4v) is 6.10. The van der Waals surface area contributed by atoms with Gasteiger partial charge in [-0.15, -0.1) is 0 Å². The minimum atomic E-state index is -0.0654. The Hall–Kier alpha value is -3.16. The van der Waals surface area contributed by atoms with E-state index in [0.29, 0.717) is 10.1 Å². The molecule has 166 valence electrons. The van der Waals surface area contributed by atoms with Crippen LogP contribution in [-0.4, -0.2) is 25.2 Å². The number of hydrogen-bond acceptors (Lipinski definition) is 6. The standard InChI is InChI=1S/C26H23N3O2S2/c1-16-10-11-17(2)20(14-16)27-26-29(18-8-6-5-7-9-18)24(30)23(33-26)25-28(3)21-15-19(31-4)12-13-22(21)32-25/h5-15H,1-4H3. The molecule has 0 bridgehead atoms. The predicted octanol–water partition coefficient (Wildman–Crippen LogP) is 6.49. The molecule has 2 aliphatic heterocycles. The third-order valence-corrected chi connectivity index (χ3v) is 8.00. The molecule has 0 aliphatic carbocycles. The molecule has 33 heavy (non-hydrogen) atoms. The highest BCUT2D eigenvalue weighted by molar-refractivity contribution is 8.20. The fraction of sp³-hybridized carbons (Fsp3) is 0.154. The lowest BCUT2D eigenvalue weighted by Gasteiger charge is -2.17. The second kappa shape index (κ2) is 8.65. The molecule has 7 heteroatoms. The molecule has 3 aromatic carbocycles. The average Bonchev–Trinajstić information content (AvgIpc) is 3.32. The highest BCUT2D eigenvalue weighted by Crippen LogP contribution is 2.51. The number of methoxy groups -OCH3 is 1. The third-order valence-electron chi connectivity index (χ3n) is 5.61. The number of aryl methyl sites for hydroxylation is 2. The summed E-state index contributed by atoms with van der Waals surface area (Å²) >= 11 is 3.03. The quantitative estimate of drug-likeness (QED) is 0.407. The Morgan fingerprint density at radius 2 is 1.73 bits per heavy atom. The maximum Gasteiger partial charge on any atom is 0.274 e. The van der Waals surface area contributed by atoms with Crippen LogP contribution in [0.2, 0.25) is 0 Å². The van der Waals surface area contributed by atoms with Crippen LogP contribution < -0.4 is 14.5 Å². The minimum absolute atomic E-state index is 0.0654. The van der Waals surface area contributed by atoms with E-state index in [1.807, 2.05) is 69.4 Å². The summed E-state index contributed by atoms with van der Waals surface area (Å²) in [6, 6.07) is 21.9. The van der Waals surface area contributed by atoms with Crippen LogP contribution in [0.4, 0.5) is 17.1 Å². The molecule has 0 N–H and O–H groups in total. The molecule has 2 heterocycles. The van der Waals surface area contributed by atoms with Crippen LogP contribution in [0.1, 0.15) is 11.1 Å². The zero-order chi connectivity index (χ0) is 23.1. The molecule has 1 amide bonds. The number of carbonyl (C=O) groups excluding carboxylic acids is 1. The van der Waals surface area contributed by atoms with Crippen molar-refractivity contribution in [3.05, 3.63) is 87.8 Å². The topological polar surface area (TPSA) is 45.1 Å². The van der Waals surface area contributed by atoms with Crippen molar-refractivity contribution in [2.75, 3.05) is 24.0 Å². The van der Waals surface area contributed by atoms with E-state index in [1.54, 1.807) is 23.8 Å². The van der Waals surface area contributed by atoms with Crippen LogP contribution in [0.3, 0.4) is 0 Å². The number of aliphatic imine (C=N–C) groups is 1. The lowest BCUT2D eigenvalue weighted by molar-refractivity contribution is -0.113. The van der Waals surface area contributed by atoms with Crippen molar-refractivity contribution in [2.45, 2.75) is 18.7 Å². The smallest absolute Gasteiger partial charge is 0.274 e. The van der Waals surface area contributed by atoms with E-state index < -0.39 is 0 Å². The summed E-state index contributed by atoms with van der Waals surface area (Å²) in [5.41, 5.74) is 4.91. The Kier molecular flexibility index (Phi) is 5.68. The van der Waals surface area contributed by atoms with Crippen LogP contribution in [-0.2, 0) is 4.79 Å². The van der Waals surface area contributed by atoms with Gasteiger partial charge in [0.05, 0.1) is 29.2 Å². The van der Waals surface area contributed by atoms with Gasteiger partial charge in [0, 0.05) is 18.0 Å². The van der Waals surface area contributed by atoms with E-state index in [9.17, 15) is 4.79 Å². The summed E-state index contributed by atoms with van der Waals surface area (Å²) in [5.74, 6) is 0.727. The van der Waals surface area contributed by atoms with Crippen molar-refractivity contribution in [3.8, 4) is 5.75 Å². The number of carbonyl (C=O) groups is 1. The first-order valence-corrected chi connectivity index (χ1v) is 12.2. The summed E-state index contributed by atoms with van der Waals surface area (Å²) < 4.78 is 5.40. The molecular formula is C26H23N3O2S2. The SMILES string of the molecule is COc1ccc2c(c1)N(C)C(=C1SC(=Nc3cc(C)ccc3C)N(c3ccccc3)C1=O)S2. The number of thioether (sulfide) groups is 2. The molecule has 0 aromatic heterocycles. The molecule has 2 aliphatic rings. The van der Waals surface area contributed by atoms with Gasteiger partial charge in [0.1, 0.15) is 10.7 Å². The van der Waals surface area contributed by atoms with Crippen LogP contribution in [0.5, 0.6) is 5.75 Å². The Bertz CT molecular complexity index is 1320. The van der Waals surface area contributed by atoms with E-state index in [-0.39, 0.29) is 5.91 Å². The second-order valence-corrected chi connectivity index (χ2v) is 9.90. The summed E-state index contributed by atoms with van der Waals surface area (Å²) in [7, 11) is 3.65. The van der Waals surface area contributed by atoms with Crippen molar-refractivity contribution >= 4 is 51.7 Å². The van der Waals surface area contributed by atoms with Crippen LogP contribution in [0.25, 0.3) is 0 Å². The molecule has 5 rings (SSSR count). The molecule has 0 spiro atoms. The number of rotatable bonds is 3. The van der Waals surface area contributed by atoms with Crippen LogP contribution in [0, 0.1) is 13.8 Å². The van der Waals surface area contributed by atoms with E-state index in [2.05, 4.69) is 23.1 Å². The highest BCUT2D eigenvalue weighted by atomic mass is 32.2. The minimum Gasteiger partial charge on any atom is -0.497 e. The van der Waals surface area contributed by atoms with Gasteiger partial charge in [-0.2, -0.15) is 0 Å². The lowest BCUT2D eigenvalue weighted by Crippen LogP contribution is -2.29. The molecular weight excluding hydrogens is 450 g/mol. The number of benzene rings is 3. The van der Waals surface area contributed by atoms with Crippen molar-refractivity contribution in [2.24, 2.45) is 4.99 Å². The summed E-state index contributed by atoms with van der Waals surface area (Å²) in [4.78, 5) is 24.3. The van der Waals surface area contributed by atoms with Gasteiger partial charge in [-0.1, -0.05) is 42.1 Å². The fourth-order valence-electron chi connectivity index (χ4n) is 3.78. The van der Waals surface area contributed by atoms with E-state index >= 15 is 0 Å². The number of amidine groups is 1. The maximum atomic E-state index is 13.8. The van der Waals surface area contributed by atoms with Gasteiger partial charge >= 0.3 is 0 Å². The molecule has 0 unspecified atom stereocenters. The normalized spacial score (nSPS) is 18.9. The molecule has 5 nitrogen and oxygen atoms in total. The van der Waals surface area contributed by atoms with Gasteiger partial charge in [-0.3, -0.25) is 9.69 Å². The lowest BCUT2D eigenvalue weighted by atomic mass is 10.1. The summed E-state index contributed by atoms with van der Waals surface area (Å²) in [5, 5.41) is 1.56. The number of para-hydroxylation sites is 1. The van der Waals surface area contributed by atoms with Crippen molar-refractivity contribution in [1.82, 2.24) is 0 Å². The van der Waals surface area contributed by atoms with Gasteiger partial charge in [-0.25, -0.2) is 4.99 Å². The first-order chi connectivity index (χ1) is 16.0. The average molecular weight is 474 g/mol. The Morgan fingerprint density at radius 1 is 0.939 bits per heavy atom.